The standard InChI is InChI=1S/C14H24N4O2.2ClH/c1-2-7-20-12-4-3-10(8-11(12)15)14(19)18-9-13-16-5-6-17-13;;/h5-6,10-12H,2-4,7-9,15H2,1H3,(H,16,17)(H,18,19);2*1H/t10-,11+,12+;;/m0../s1. The van der Waals surface area contributed by atoms with E-state index in [0.29, 0.717) is 13.0 Å². The van der Waals surface area contributed by atoms with E-state index in [9.17, 15) is 4.79 Å². The van der Waals surface area contributed by atoms with Crippen LogP contribution in [0.1, 0.15) is 38.4 Å². The Bertz CT molecular complexity index is 417. The lowest BCUT2D eigenvalue weighted by Gasteiger charge is -2.33. The third kappa shape index (κ3) is 6.12. The molecular weight excluding hydrogens is 327 g/mol. The largest absolute Gasteiger partial charge is 0.377 e. The van der Waals surface area contributed by atoms with Crippen molar-refractivity contribution < 1.29 is 9.53 Å². The highest BCUT2D eigenvalue weighted by atomic mass is 35.5. The van der Waals surface area contributed by atoms with E-state index < -0.39 is 0 Å². The SMILES string of the molecule is CCCO[C@@H]1CC[C@H](C(=O)NCc2ncc[nH]2)C[C@H]1N.Cl.Cl. The summed E-state index contributed by atoms with van der Waals surface area (Å²) in [7, 11) is 0. The first-order chi connectivity index (χ1) is 9.70. The number of imidazole rings is 1. The number of hydrogen-bond donors (Lipinski definition) is 3. The number of ether oxygens (including phenoxy) is 1. The second-order valence-electron chi connectivity index (χ2n) is 5.34. The quantitative estimate of drug-likeness (QED) is 0.727. The molecule has 1 fully saturated rings. The smallest absolute Gasteiger partial charge is 0.223 e. The maximum Gasteiger partial charge on any atom is 0.223 e. The van der Waals surface area contributed by atoms with E-state index in [1.54, 1.807) is 12.4 Å². The molecule has 1 amide bonds. The van der Waals surface area contributed by atoms with Gasteiger partial charge < -0.3 is 20.8 Å². The van der Waals surface area contributed by atoms with E-state index in [1.807, 2.05) is 0 Å². The van der Waals surface area contributed by atoms with Crippen LogP contribution in [0, 0.1) is 5.92 Å². The number of nitrogens with two attached hydrogens (primary N) is 1. The average molecular weight is 353 g/mol. The highest BCUT2D eigenvalue weighted by molar-refractivity contribution is 5.85. The highest BCUT2D eigenvalue weighted by Gasteiger charge is 2.32. The van der Waals surface area contributed by atoms with E-state index >= 15 is 0 Å². The minimum atomic E-state index is -0.0466. The van der Waals surface area contributed by atoms with Crippen LogP contribution in [0.15, 0.2) is 12.4 Å². The predicted octanol–water partition coefficient (Wildman–Crippen LogP) is 1.79. The zero-order chi connectivity index (χ0) is 14.4. The molecule has 128 valence electrons. The van der Waals surface area contributed by atoms with Crippen molar-refractivity contribution in [2.75, 3.05) is 6.61 Å². The Morgan fingerprint density at radius 1 is 1.50 bits per heavy atom. The first kappa shape index (κ1) is 21.2. The van der Waals surface area contributed by atoms with Crippen LogP contribution in [0.25, 0.3) is 0 Å². The van der Waals surface area contributed by atoms with Gasteiger partial charge in [0.05, 0.1) is 12.6 Å². The minimum Gasteiger partial charge on any atom is -0.377 e. The number of aromatic nitrogens is 2. The van der Waals surface area contributed by atoms with Crippen LogP contribution in [0.5, 0.6) is 0 Å². The van der Waals surface area contributed by atoms with Gasteiger partial charge in [0.25, 0.3) is 0 Å². The lowest BCUT2D eigenvalue weighted by Crippen LogP contribution is -2.46. The predicted molar refractivity (Wildman–Crippen MR) is 90.3 cm³/mol. The van der Waals surface area contributed by atoms with Gasteiger partial charge in [0.15, 0.2) is 0 Å². The first-order valence-electron chi connectivity index (χ1n) is 7.33. The van der Waals surface area contributed by atoms with Crippen molar-refractivity contribution in [2.24, 2.45) is 11.7 Å². The maximum absolute atomic E-state index is 12.1. The van der Waals surface area contributed by atoms with Crippen molar-refractivity contribution in [3.05, 3.63) is 18.2 Å². The number of carbonyl (C=O) groups excluding carboxylic acids is 1. The molecule has 2 rings (SSSR count). The van der Waals surface area contributed by atoms with Crippen LogP contribution in [-0.2, 0) is 16.1 Å². The lowest BCUT2D eigenvalue weighted by molar-refractivity contribution is -0.127. The van der Waals surface area contributed by atoms with Gasteiger partial charge in [-0.25, -0.2) is 4.98 Å². The van der Waals surface area contributed by atoms with Crippen LogP contribution in [0.2, 0.25) is 0 Å². The monoisotopic (exact) mass is 352 g/mol. The van der Waals surface area contributed by atoms with Crippen molar-refractivity contribution in [1.29, 1.82) is 0 Å². The number of rotatable bonds is 6. The van der Waals surface area contributed by atoms with Gasteiger partial charge in [0.1, 0.15) is 5.82 Å². The van der Waals surface area contributed by atoms with Crippen molar-refractivity contribution >= 4 is 30.7 Å². The topological polar surface area (TPSA) is 93.0 Å². The van der Waals surface area contributed by atoms with Crippen molar-refractivity contribution in [3.8, 4) is 0 Å². The van der Waals surface area contributed by atoms with Crippen LogP contribution in [0.3, 0.4) is 0 Å². The summed E-state index contributed by atoms with van der Waals surface area (Å²) in [5.74, 6) is 0.815. The van der Waals surface area contributed by atoms with Gasteiger partial charge in [-0.15, -0.1) is 24.8 Å². The van der Waals surface area contributed by atoms with E-state index in [2.05, 4.69) is 22.2 Å². The molecule has 1 aliphatic carbocycles. The van der Waals surface area contributed by atoms with Crippen molar-refractivity contribution in [1.82, 2.24) is 15.3 Å². The fourth-order valence-electron chi connectivity index (χ4n) is 2.60. The molecule has 6 nitrogen and oxygen atoms in total. The molecule has 1 aliphatic rings. The second kappa shape index (κ2) is 10.8. The number of hydrogen-bond acceptors (Lipinski definition) is 4. The zero-order valence-corrected chi connectivity index (χ0v) is 14.4. The minimum absolute atomic E-state index is 0. The Morgan fingerprint density at radius 2 is 2.27 bits per heavy atom. The third-order valence-corrected chi connectivity index (χ3v) is 3.73. The number of nitrogens with one attached hydrogen (secondary N) is 2. The molecule has 1 heterocycles. The fourth-order valence-corrected chi connectivity index (χ4v) is 2.60. The van der Waals surface area contributed by atoms with E-state index in [0.717, 1.165) is 31.7 Å². The van der Waals surface area contributed by atoms with Crippen LogP contribution < -0.4 is 11.1 Å². The van der Waals surface area contributed by atoms with Crippen LogP contribution in [0.4, 0.5) is 0 Å². The number of carbonyl (C=O) groups is 1. The van der Waals surface area contributed by atoms with Gasteiger partial charge >= 0.3 is 0 Å². The van der Waals surface area contributed by atoms with E-state index in [4.69, 9.17) is 10.5 Å². The molecule has 0 unspecified atom stereocenters. The molecule has 0 spiro atoms. The molecule has 1 aromatic heterocycles. The average Bonchev–Trinajstić information content (AvgIpc) is 2.96. The number of halogens is 2. The summed E-state index contributed by atoms with van der Waals surface area (Å²) in [4.78, 5) is 19.2. The van der Waals surface area contributed by atoms with Gasteiger partial charge in [-0.2, -0.15) is 0 Å². The van der Waals surface area contributed by atoms with Gasteiger partial charge in [-0.05, 0) is 25.7 Å². The summed E-state index contributed by atoms with van der Waals surface area (Å²) in [5.41, 5.74) is 6.12. The molecule has 0 aliphatic heterocycles. The van der Waals surface area contributed by atoms with Gasteiger partial charge in [-0.1, -0.05) is 6.92 Å². The van der Waals surface area contributed by atoms with Gasteiger partial charge in [-0.3, -0.25) is 4.79 Å². The number of amides is 1. The Kier molecular flexibility index (Phi) is 10.4. The number of nitrogens with zero attached hydrogens (tertiary/aromatic N) is 1. The Balaban J connectivity index is 0.00000220. The zero-order valence-electron chi connectivity index (χ0n) is 12.8. The number of aromatic amines is 1. The van der Waals surface area contributed by atoms with Gasteiger partial charge in [0, 0.05) is 31.0 Å². The molecule has 3 atom stereocenters. The Morgan fingerprint density at radius 3 is 2.86 bits per heavy atom. The molecule has 22 heavy (non-hydrogen) atoms. The molecular formula is C14H26Cl2N4O2. The normalized spacial score (nSPS) is 24.0. The molecule has 1 saturated carbocycles. The molecule has 0 radical (unpaired) electrons. The molecule has 8 heteroatoms. The summed E-state index contributed by atoms with van der Waals surface area (Å²) >= 11 is 0. The summed E-state index contributed by atoms with van der Waals surface area (Å²) in [6.45, 7) is 3.26. The Hall–Kier alpha value is -0.820. The summed E-state index contributed by atoms with van der Waals surface area (Å²) < 4.78 is 5.72. The summed E-state index contributed by atoms with van der Waals surface area (Å²) in [5, 5.41) is 2.90. The summed E-state index contributed by atoms with van der Waals surface area (Å²) in [6, 6.07) is -0.0466. The van der Waals surface area contributed by atoms with Crippen LogP contribution >= 0.6 is 24.8 Å². The molecule has 0 bridgehead atoms. The lowest BCUT2D eigenvalue weighted by atomic mass is 9.83. The second-order valence-corrected chi connectivity index (χ2v) is 5.34. The van der Waals surface area contributed by atoms with Crippen molar-refractivity contribution in [2.45, 2.75) is 51.3 Å². The third-order valence-electron chi connectivity index (χ3n) is 3.73. The van der Waals surface area contributed by atoms with Crippen molar-refractivity contribution in [3.63, 3.8) is 0 Å². The molecule has 4 N–H and O–H groups in total. The van der Waals surface area contributed by atoms with E-state index in [1.165, 1.54) is 0 Å². The summed E-state index contributed by atoms with van der Waals surface area (Å²) in [6.07, 6.45) is 6.91. The molecule has 1 aromatic rings. The van der Waals surface area contributed by atoms with Crippen LogP contribution in [-0.4, -0.2) is 34.6 Å². The van der Waals surface area contributed by atoms with E-state index in [-0.39, 0.29) is 48.8 Å². The fraction of sp³-hybridized carbons (Fsp3) is 0.714. The number of H-pyrrole nitrogens is 1. The Labute approximate surface area is 143 Å². The first-order valence-corrected chi connectivity index (χ1v) is 7.33. The maximum atomic E-state index is 12.1. The molecule has 0 aromatic carbocycles. The van der Waals surface area contributed by atoms with Gasteiger partial charge in [0.2, 0.25) is 5.91 Å². The highest BCUT2D eigenvalue weighted by Crippen LogP contribution is 2.26. The molecule has 0 saturated heterocycles.